The summed E-state index contributed by atoms with van der Waals surface area (Å²) < 4.78 is 11.9. The van der Waals surface area contributed by atoms with Crippen molar-refractivity contribution in [3.63, 3.8) is 0 Å². The van der Waals surface area contributed by atoms with E-state index in [2.05, 4.69) is 39.9 Å². The third-order valence-electron chi connectivity index (χ3n) is 4.17. The number of benzene rings is 1. The van der Waals surface area contributed by atoms with Crippen molar-refractivity contribution in [2.75, 3.05) is 19.3 Å². The lowest BCUT2D eigenvalue weighted by Crippen LogP contribution is -2.46. The maximum atomic E-state index is 12.1. The molecule has 0 radical (unpaired) electrons. The van der Waals surface area contributed by atoms with Gasteiger partial charge >= 0.3 is 0 Å². The molecule has 0 aliphatic heterocycles. The molecule has 0 saturated heterocycles. The summed E-state index contributed by atoms with van der Waals surface area (Å²) in [7, 11) is 0.947. The van der Waals surface area contributed by atoms with Crippen molar-refractivity contribution in [1.29, 1.82) is 0 Å². The molecule has 1 aromatic carbocycles. The smallest absolute Gasteiger partial charge is 0.191 e. The van der Waals surface area contributed by atoms with Crippen molar-refractivity contribution in [3.05, 3.63) is 35.4 Å². The normalized spacial score (nSPS) is 19.8. The number of aryl methyl sites for hydroxylation is 1. The second-order valence-corrected chi connectivity index (χ2v) is 9.34. The molecular weight excluding hydrogens is 306 g/mol. The Balaban J connectivity index is 1.81. The van der Waals surface area contributed by atoms with E-state index in [1.807, 2.05) is 20.8 Å². The Labute approximate surface area is 142 Å². The van der Waals surface area contributed by atoms with Gasteiger partial charge in [-0.3, -0.25) is 9.20 Å². The molecule has 2 N–H and O–H groups in total. The van der Waals surface area contributed by atoms with Crippen molar-refractivity contribution in [2.24, 2.45) is 4.99 Å². The van der Waals surface area contributed by atoms with Crippen LogP contribution in [0, 0.1) is 0 Å². The van der Waals surface area contributed by atoms with Crippen molar-refractivity contribution in [2.45, 2.75) is 50.8 Å². The molecule has 0 bridgehead atoms. The number of nitrogens with zero attached hydrogens (tertiary/aromatic N) is 1. The number of fused-ring (bicyclic) bond motifs is 1. The zero-order valence-corrected chi connectivity index (χ0v) is 15.5. The molecule has 0 heterocycles. The maximum Gasteiger partial charge on any atom is 0.191 e. The van der Waals surface area contributed by atoms with Gasteiger partial charge in [0.2, 0.25) is 0 Å². The molecule has 0 spiro atoms. The van der Waals surface area contributed by atoms with Crippen molar-refractivity contribution in [1.82, 2.24) is 10.6 Å². The Morgan fingerprint density at radius 3 is 2.65 bits per heavy atom. The molecule has 0 amide bonds. The van der Waals surface area contributed by atoms with Crippen LogP contribution in [-0.2, 0) is 23.6 Å². The summed E-state index contributed by atoms with van der Waals surface area (Å²) in [6.07, 6.45) is 3.26. The Kier molecular flexibility index (Phi) is 6.22. The van der Waals surface area contributed by atoms with Crippen molar-refractivity contribution < 1.29 is 4.21 Å². The molecule has 1 aliphatic rings. The summed E-state index contributed by atoms with van der Waals surface area (Å²) in [5, 5.41) is 6.79. The van der Waals surface area contributed by atoms with E-state index in [0.717, 1.165) is 25.2 Å². The van der Waals surface area contributed by atoms with Gasteiger partial charge in [0.05, 0.1) is 0 Å². The van der Waals surface area contributed by atoms with E-state index in [1.54, 1.807) is 7.05 Å². The van der Waals surface area contributed by atoms with Gasteiger partial charge < -0.3 is 10.6 Å². The van der Waals surface area contributed by atoms with Crippen LogP contribution in [-0.4, -0.2) is 40.3 Å². The second kappa shape index (κ2) is 7.95. The molecule has 0 aromatic heterocycles. The minimum atomic E-state index is -0.837. The number of hydrogen-bond acceptors (Lipinski definition) is 2. The first-order valence-electron chi connectivity index (χ1n) is 8.32. The van der Waals surface area contributed by atoms with Gasteiger partial charge in [0.25, 0.3) is 0 Å². The molecule has 0 fully saturated rings. The van der Waals surface area contributed by atoms with E-state index in [1.165, 1.54) is 11.1 Å². The van der Waals surface area contributed by atoms with Gasteiger partial charge in [-0.2, -0.15) is 0 Å². The van der Waals surface area contributed by atoms with Crippen LogP contribution in [0.5, 0.6) is 0 Å². The lowest BCUT2D eigenvalue weighted by atomic mass is 9.88. The third kappa shape index (κ3) is 5.34. The Bertz CT molecular complexity index is 578. The quantitative estimate of drug-likeness (QED) is 0.655. The topological polar surface area (TPSA) is 53.5 Å². The van der Waals surface area contributed by atoms with E-state index >= 15 is 0 Å². The highest BCUT2D eigenvalue weighted by atomic mass is 32.2. The Morgan fingerprint density at radius 1 is 1.30 bits per heavy atom. The van der Waals surface area contributed by atoms with Crippen LogP contribution in [0.4, 0.5) is 0 Å². The van der Waals surface area contributed by atoms with Crippen LogP contribution >= 0.6 is 0 Å². The average molecular weight is 336 g/mol. The van der Waals surface area contributed by atoms with Crippen LogP contribution < -0.4 is 10.6 Å². The van der Waals surface area contributed by atoms with Crippen LogP contribution in [0.3, 0.4) is 0 Å². The van der Waals surface area contributed by atoms with Crippen molar-refractivity contribution in [3.8, 4) is 0 Å². The fourth-order valence-electron chi connectivity index (χ4n) is 2.78. The standard InChI is InChI=1S/C18H29N3OS/c1-18(2,3)23(22)12-11-20-17(19-4)21-16-10-9-14-7-5-6-8-15(14)13-16/h5-8,16H,9-13H2,1-4H3,(H2,19,20,21). The Hall–Kier alpha value is -1.36. The zero-order valence-electron chi connectivity index (χ0n) is 14.7. The van der Waals surface area contributed by atoms with Gasteiger partial charge in [-0.1, -0.05) is 24.3 Å². The maximum absolute atomic E-state index is 12.1. The molecular formula is C18H29N3OS. The number of guanidine groups is 1. The molecule has 1 aliphatic carbocycles. The van der Waals surface area contributed by atoms with E-state index in [9.17, 15) is 4.21 Å². The molecule has 5 heteroatoms. The summed E-state index contributed by atoms with van der Waals surface area (Å²) in [5.41, 5.74) is 2.90. The highest BCUT2D eigenvalue weighted by molar-refractivity contribution is 7.86. The number of rotatable bonds is 4. The number of nitrogens with one attached hydrogen (secondary N) is 2. The Morgan fingerprint density at radius 2 is 2.00 bits per heavy atom. The first kappa shape index (κ1) is 18.0. The average Bonchev–Trinajstić information content (AvgIpc) is 2.52. The monoisotopic (exact) mass is 335 g/mol. The van der Waals surface area contributed by atoms with Gasteiger partial charge in [0, 0.05) is 40.9 Å². The first-order chi connectivity index (χ1) is 10.9. The molecule has 4 nitrogen and oxygen atoms in total. The fourth-order valence-corrected chi connectivity index (χ4v) is 3.68. The van der Waals surface area contributed by atoms with Crippen LogP contribution in [0.1, 0.15) is 38.3 Å². The van der Waals surface area contributed by atoms with Gasteiger partial charge in [-0.05, 0) is 51.2 Å². The predicted octanol–water partition coefficient (Wildman–Crippen LogP) is 2.26. The highest BCUT2D eigenvalue weighted by Gasteiger charge is 2.20. The minimum Gasteiger partial charge on any atom is -0.355 e. The van der Waals surface area contributed by atoms with Gasteiger partial charge in [0.1, 0.15) is 0 Å². The molecule has 2 rings (SSSR count). The zero-order chi connectivity index (χ0) is 16.9. The lowest BCUT2D eigenvalue weighted by molar-refractivity contribution is 0.521. The predicted molar refractivity (Wildman–Crippen MR) is 99.5 cm³/mol. The second-order valence-electron chi connectivity index (χ2n) is 7.01. The van der Waals surface area contributed by atoms with E-state index in [0.29, 0.717) is 18.3 Å². The van der Waals surface area contributed by atoms with E-state index in [4.69, 9.17) is 0 Å². The van der Waals surface area contributed by atoms with Crippen molar-refractivity contribution >= 4 is 16.8 Å². The fraction of sp³-hybridized carbons (Fsp3) is 0.611. The molecule has 1 aromatic rings. The highest BCUT2D eigenvalue weighted by Crippen LogP contribution is 2.20. The molecule has 23 heavy (non-hydrogen) atoms. The summed E-state index contributed by atoms with van der Waals surface area (Å²) >= 11 is 0. The van der Waals surface area contributed by atoms with E-state index in [-0.39, 0.29) is 4.75 Å². The first-order valence-corrected chi connectivity index (χ1v) is 9.64. The molecule has 2 unspecified atom stereocenters. The summed E-state index contributed by atoms with van der Waals surface area (Å²) in [4.78, 5) is 4.29. The largest absolute Gasteiger partial charge is 0.355 e. The van der Waals surface area contributed by atoms with Crippen LogP contribution in [0.25, 0.3) is 0 Å². The third-order valence-corrected chi connectivity index (χ3v) is 6.12. The van der Waals surface area contributed by atoms with E-state index < -0.39 is 10.8 Å². The number of aliphatic imine (C=N–C) groups is 1. The van der Waals surface area contributed by atoms with Gasteiger partial charge in [0.15, 0.2) is 5.96 Å². The van der Waals surface area contributed by atoms with Crippen LogP contribution in [0.2, 0.25) is 0 Å². The van der Waals surface area contributed by atoms with Crippen LogP contribution in [0.15, 0.2) is 29.3 Å². The summed E-state index contributed by atoms with van der Waals surface area (Å²) in [6, 6.07) is 9.06. The molecule has 128 valence electrons. The minimum absolute atomic E-state index is 0.161. The molecule has 2 atom stereocenters. The summed E-state index contributed by atoms with van der Waals surface area (Å²) in [5.74, 6) is 1.44. The van der Waals surface area contributed by atoms with Gasteiger partial charge in [-0.25, -0.2) is 0 Å². The summed E-state index contributed by atoms with van der Waals surface area (Å²) in [6.45, 7) is 6.70. The number of hydrogen-bond donors (Lipinski definition) is 2. The lowest BCUT2D eigenvalue weighted by Gasteiger charge is -2.27. The SMILES string of the molecule is CN=C(NCCS(=O)C(C)(C)C)NC1CCc2ccccc2C1. The van der Waals surface area contributed by atoms with Gasteiger partial charge in [-0.15, -0.1) is 0 Å². The molecule has 0 saturated carbocycles.